The summed E-state index contributed by atoms with van der Waals surface area (Å²) in [6.07, 6.45) is 0. The van der Waals surface area contributed by atoms with Crippen molar-refractivity contribution in [2.24, 2.45) is 0 Å². The third-order valence-corrected chi connectivity index (χ3v) is 3.93. The van der Waals surface area contributed by atoms with E-state index in [0.717, 1.165) is 24.4 Å². The predicted molar refractivity (Wildman–Crippen MR) is 82.2 cm³/mol. The molecule has 0 aliphatic carbocycles. The fourth-order valence-corrected chi connectivity index (χ4v) is 2.85. The molecule has 0 unspecified atom stereocenters. The lowest BCUT2D eigenvalue weighted by Crippen LogP contribution is -2.35. The monoisotopic (exact) mass is 283 g/mol. The summed E-state index contributed by atoms with van der Waals surface area (Å²) in [6.45, 7) is 2.43. The molecule has 0 saturated carbocycles. The minimum Gasteiger partial charge on any atom is -0.497 e. The summed E-state index contributed by atoms with van der Waals surface area (Å²) in [5, 5.41) is 19.0. The maximum absolute atomic E-state index is 9.51. The Morgan fingerprint density at radius 2 is 1.76 bits per heavy atom. The van der Waals surface area contributed by atoms with E-state index >= 15 is 0 Å². The van der Waals surface area contributed by atoms with Gasteiger partial charge in [-0.2, -0.15) is 0 Å². The first-order valence-corrected chi connectivity index (χ1v) is 6.99. The number of benzene rings is 2. The number of rotatable bonds is 4. The molecular weight excluding hydrogens is 265 g/mol. The summed E-state index contributed by atoms with van der Waals surface area (Å²) in [4.78, 5) is 2.28. The van der Waals surface area contributed by atoms with Crippen LogP contribution in [0.2, 0.25) is 0 Å². The summed E-state index contributed by atoms with van der Waals surface area (Å²) in [5.74, 6) is 0.728. The second kappa shape index (κ2) is 5.89. The highest BCUT2D eigenvalue weighted by Gasteiger charge is 2.22. The molecule has 1 heterocycles. The fourth-order valence-electron chi connectivity index (χ4n) is 2.85. The average Bonchev–Trinajstić information content (AvgIpc) is 2.89. The van der Waals surface area contributed by atoms with Crippen LogP contribution < -0.4 is 10.2 Å². The Morgan fingerprint density at radius 1 is 1.10 bits per heavy atom. The zero-order chi connectivity index (χ0) is 14.8. The topological polar surface area (TPSA) is 52.9 Å². The number of fused-ring (bicyclic) bond motifs is 1. The molecule has 1 aliphatic heterocycles. The lowest BCUT2D eigenvalue weighted by molar-refractivity contribution is 0.275. The van der Waals surface area contributed by atoms with E-state index in [2.05, 4.69) is 29.2 Å². The average molecular weight is 283 g/mol. The molecule has 4 nitrogen and oxygen atoms in total. The highest BCUT2D eigenvalue weighted by atomic mass is 16.5. The SMILES string of the molecule is COc1ccc(B(O)O)c(CN2Cc3ccccc3C2)c1. The van der Waals surface area contributed by atoms with Gasteiger partial charge in [0.05, 0.1) is 7.11 Å². The first-order chi connectivity index (χ1) is 10.2. The number of methoxy groups -OCH3 is 1. The van der Waals surface area contributed by atoms with Gasteiger partial charge < -0.3 is 14.8 Å². The molecule has 3 rings (SSSR count). The fraction of sp³-hybridized carbons (Fsp3) is 0.250. The lowest BCUT2D eigenvalue weighted by Gasteiger charge is -2.18. The van der Waals surface area contributed by atoms with Crippen molar-refractivity contribution >= 4 is 12.6 Å². The normalized spacial score (nSPS) is 14.0. The molecule has 2 N–H and O–H groups in total. The van der Waals surface area contributed by atoms with Crippen LogP contribution in [0.4, 0.5) is 0 Å². The molecule has 0 saturated heterocycles. The van der Waals surface area contributed by atoms with E-state index in [1.807, 2.05) is 6.07 Å². The van der Waals surface area contributed by atoms with Crippen molar-refractivity contribution in [1.29, 1.82) is 0 Å². The van der Waals surface area contributed by atoms with E-state index in [0.29, 0.717) is 12.0 Å². The second-order valence-corrected chi connectivity index (χ2v) is 5.35. The largest absolute Gasteiger partial charge is 0.497 e. The molecule has 0 bridgehead atoms. The molecule has 0 fully saturated rings. The Bertz CT molecular complexity index is 620. The van der Waals surface area contributed by atoms with Gasteiger partial charge in [0.15, 0.2) is 0 Å². The van der Waals surface area contributed by atoms with Crippen LogP contribution >= 0.6 is 0 Å². The third kappa shape index (κ3) is 2.95. The van der Waals surface area contributed by atoms with E-state index < -0.39 is 7.12 Å². The quantitative estimate of drug-likeness (QED) is 0.818. The van der Waals surface area contributed by atoms with Crippen molar-refractivity contribution in [1.82, 2.24) is 4.90 Å². The van der Waals surface area contributed by atoms with Crippen LogP contribution in [0.5, 0.6) is 5.75 Å². The smallest absolute Gasteiger partial charge is 0.488 e. The van der Waals surface area contributed by atoms with Crippen molar-refractivity contribution in [3.8, 4) is 5.75 Å². The van der Waals surface area contributed by atoms with E-state index in [4.69, 9.17) is 4.74 Å². The molecule has 1 aliphatic rings. The molecule has 2 aromatic rings. The van der Waals surface area contributed by atoms with Gasteiger partial charge in [0.25, 0.3) is 0 Å². The Hall–Kier alpha value is -1.82. The minimum absolute atomic E-state index is 0.534. The maximum atomic E-state index is 9.51. The third-order valence-electron chi connectivity index (χ3n) is 3.93. The summed E-state index contributed by atoms with van der Waals surface area (Å²) < 4.78 is 5.23. The molecule has 2 aromatic carbocycles. The van der Waals surface area contributed by atoms with Crippen LogP contribution in [0.15, 0.2) is 42.5 Å². The van der Waals surface area contributed by atoms with Gasteiger partial charge in [-0.15, -0.1) is 0 Å². The van der Waals surface area contributed by atoms with Crippen LogP contribution in [-0.2, 0) is 19.6 Å². The molecule has 5 heteroatoms. The molecule has 0 aromatic heterocycles. The van der Waals surface area contributed by atoms with Crippen LogP contribution in [0, 0.1) is 0 Å². The molecule has 0 amide bonds. The Morgan fingerprint density at radius 3 is 2.33 bits per heavy atom. The zero-order valence-electron chi connectivity index (χ0n) is 12.0. The molecule has 0 spiro atoms. The maximum Gasteiger partial charge on any atom is 0.488 e. The van der Waals surface area contributed by atoms with E-state index in [1.165, 1.54) is 11.1 Å². The lowest BCUT2D eigenvalue weighted by atomic mass is 9.77. The van der Waals surface area contributed by atoms with Crippen LogP contribution in [0.25, 0.3) is 0 Å². The summed E-state index contributed by atoms with van der Waals surface area (Å²) in [6, 6.07) is 13.7. The van der Waals surface area contributed by atoms with Crippen LogP contribution in [0.3, 0.4) is 0 Å². The zero-order valence-corrected chi connectivity index (χ0v) is 12.0. The van der Waals surface area contributed by atoms with Gasteiger partial charge in [-0.3, -0.25) is 4.90 Å². The first-order valence-electron chi connectivity index (χ1n) is 6.99. The molecule has 108 valence electrons. The van der Waals surface area contributed by atoms with E-state index in [1.54, 1.807) is 19.2 Å². The Balaban J connectivity index is 1.82. The summed E-state index contributed by atoms with van der Waals surface area (Å²) in [7, 11) is 0.149. The van der Waals surface area contributed by atoms with Crippen LogP contribution in [0.1, 0.15) is 16.7 Å². The number of ether oxygens (including phenoxy) is 1. The molecule has 21 heavy (non-hydrogen) atoms. The molecule has 0 atom stereocenters. The number of hydrogen-bond donors (Lipinski definition) is 2. The molecule has 0 radical (unpaired) electrons. The minimum atomic E-state index is -1.46. The van der Waals surface area contributed by atoms with E-state index in [-0.39, 0.29) is 0 Å². The number of nitrogens with zero attached hydrogens (tertiary/aromatic N) is 1. The highest BCUT2D eigenvalue weighted by Crippen LogP contribution is 2.24. The Labute approximate surface area is 124 Å². The van der Waals surface area contributed by atoms with E-state index in [9.17, 15) is 10.0 Å². The molecular formula is C16H18BNO3. The highest BCUT2D eigenvalue weighted by molar-refractivity contribution is 6.59. The van der Waals surface area contributed by atoms with Gasteiger partial charge in [0.2, 0.25) is 0 Å². The van der Waals surface area contributed by atoms with Gasteiger partial charge in [-0.1, -0.05) is 30.3 Å². The van der Waals surface area contributed by atoms with Crippen molar-refractivity contribution in [2.45, 2.75) is 19.6 Å². The van der Waals surface area contributed by atoms with Crippen molar-refractivity contribution in [3.05, 3.63) is 59.2 Å². The van der Waals surface area contributed by atoms with Crippen molar-refractivity contribution in [3.63, 3.8) is 0 Å². The van der Waals surface area contributed by atoms with Gasteiger partial charge in [0, 0.05) is 19.6 Å². The van der Waals surface area contributed by atoms with Crippen molar-refractivity contribution < 1.29 is 14.8 Å². The Kier molecular flexibility index (Phi) is 3.97. The van der Waals surface area contributed by atoms with Gasteiger partial charge >= 0.3 is 7.12 Å². The van der Waals surface area contributed by atoms with Gasteiger partial charge in [-0.05, 0) is 34.3 Å². The number of hydrogen-bond acceptors (Lipinski definition) is 4. The second-order valence-electron chi connectivity index (χ2n) is 5.35. The van der Waals surface area contributed by atoms with Gasteiger partial charge in [-0.25, -0.2) is 0 Å². The van der Waals surface area contributed by atoms with Crippen molar-refractivity contribution in [2.75, 3.05) is 7.11 Å². The predicted octanol–water partition coefficient (Wildman–Crippen LogP) is 0.891. The van der Waals surface area contributed by atoms with Gasteiger partial charge in [0.1, 0.15) is 5.75 Å². The summed E-state index contributed by atoms with van der Waals surface area (Å²) in [5.41, 5.74) is 4.10. The standard InChI is InChI=1S/C16H18BNO3/c1-21-15-6-7-16(17(19)20)14(8-15)11-18-9-12-4-2-3-5-13(12)10-18/h2-8,19-20H,9-11H2,1H3. The summed E-state index contributed by atoms with van der Waals surface area (Å²) >= 11 is 0. The van der Waals surface area contributed by atoms with Crippen LogP contribution in [-0.4, -0.2) is 29.2 Å². The first kappa shape index (κ1) is 14.1.